The standard InChI is InChI=1S/C14H20FN5O3/c1-3-10(4-5-11(16)12(17)21)19-13(22)14(2,23)8-20-7-9(15)6-18-20/h4-7,23H,3,8,16H2,1-2H3,(H2,17,21)(H,19,22)/b10-4+,11-5-/t14-/m0/s1. The van der Waals surface area contributed by atoms with Gasteiger partial charge in [-0.2, -0.15) is 5.10 Å². The predicted molar refractivity (Wildman–Crippen MR) is 80.8 cm³/mol. The zero-order valence-corrected chi connectivity index (χ0v) is 12.9. The number of hydrogen-bond donors (Lipinski definition) is 4. The van der Waals surface area contributed by atoms with E-state index in [0.717, 1.165) is 17.1 Å². The fourth-order valence-corrected chi connectivity index (χ4v) is 1.61. The molecular weight excluding hydrogens is 305 g/mol. The van der Waals surface area contributed by atoms with Crippen LogP contribution in [0.25, 0.3) is 0 Å². The molecule has 0 saturated carbocycles. The normalized spacial score (nSPS) is 15.1. The molecule has 0 radical (unpaired) electrons. The van der Waals surface area contributed by atoms with Crippen molar-refractivity contribution in [1.82, 2.24) is 15.1 Å². The smallest absolute Gasteiger partial charge is 0.264 e. The molecule has 1 heterocycles. The van der Waals surface area contributed by atoms with Gasteiger partial charge in [-0.05, 0) is 25.5 Å². The quantitative estimate of drug-likeness (QED) is 0.396. The third-order valence-electron chi connectivity index (χ3n) is 2.96. The SMILES string of the molecule is CC/C(=C\C=C(/N)C(N)=O)NC(=O)[C@@](C)(O)Cn1cc(F)cn1. The molecule has 2 amide bonds. The Kier molecular flexibility index (Phi) is 6.02. The fraction of sp³-hybridized carbons (Fsp3) is 0.357. The number of halogens is 1. The van der Waals surface area contributed by atoms with E-state index in [1.165, 1.54) is 19.1 Å². The maximum absolute atomic E-state index is 12.9. The number of hydrogen-bond acceptors (Lipinski definition) is 5. The molecule has 8 nitrogen and oxygen atoms in total. The first kappa shape index (κ1) is 18.4. The van der Waals surface area contributed by atoms with Gasteiger partial charge in [0.1, 0.15) is 0 Å². The number of carbonyl (C=O) groups excluding carboxylic acids is 2. The number of aromatic nitrogens is 2. The van der Waals surface area contributed by atoms with E-state index in [0.29, 0.717) is 12.1 Å². The largest absolute Gasteiger partial charge is 0.394 e. The van der Waals surface area contributed by atoms with Crippen LogP contribution in [0.3, 0.4) is 0 Å². The van der Waals surface area contributed by atoms with E-state index < -0.39 is 23.2 Å². The molecule has 0 unspecified atom stereocenters. The lowest BCUT2D eigenvalue weighted by Crippen LogP contribution is -2.47. The number of nitrogens with one attached hydrogen (secondary N) is 1. The molecule has 1 aromatic rings. The Balaban J connectivity index is 2.80. The van der Waals surface area contributed by atoms with Crippen LogP contribution in [0.1, 0.15) is 20.3 Å². The molecule has 0 bridgehead atoms. The van der Waals surface area contributed by atoms with E-state index in [1.807, 2.05) is 0 Å². The van der Waals surface area contributed by atoms with E-state index in [2.05, 4.69) is 10.4 Å². The lowest BCUT2D eigenvalue weighted by atomic mass is 10.1. The summed E-state index contributed by atoms with van der Waals surface area (Å²) in [7, 11) is 0. The average Bonchev–Trinajstić information content (AvgIpc) is 2.86. The average molecular weight is 325 g/mol. The van der Waals surface area contributed by atoms with Gasteiger partial charge in [-0.15, -0.1) is 0 Å². The Hall–Kier alpha value is -2.68. The lowest BCUT2D eigenvalue weighted by molar-refractivity contribution is -0.138. The summed E-state index contributed by atoms with van der Waals surface area (Å²) < 4.78 is 14.0. The monoisotopic (exact) mass is 325 g/mol. The van der Waals surface area contributed by atoms with Crippen molar-refractivity contribution in [3.63, 3.8) is 0 Å². The summed E-state index contributed by atoms with van der Waals surface area (Å²) >= 11 is 0. The van der Waals surface area contributed by atoms with Gasteiger partial charge >= 0.3 is 0 Å². The first-order valence-electron chi connectivity index (χ1n) is 6.83. The van der Waals surface area contributed by atoms with Crippen LogP contribution in [-0.2, 0) is 16.1 Å². The fourth-order valence-electron chi connectivity index (χ4n) is 1.61. The highest BCUT2D eigenvalue weighted by Gasteiger charge is 2.31. The third kappa shape index (κ3) is 5.55. The van der Waals surface area contributed by atoms with Crippen LogP contribution in [-0.4, -0.2) is 32.3 Å². The molecule has 1 atom stereocenters. The van der Waals surface area contributed by atoms with Crippen molar-refractivity contribution in [2.75, 3.05) is 0 Å². The number of aliphatic hydroxyl groups is 1. The molecule has 9 heteroatoms. The summed E-state index contributed by atoms with van der Waals surface area (Å²) in [5.41, 5.74) is 8.81. The molecule has 126 valence electrons. The number of carbonyl (C=O) groups is 2. The van der Waals surface area contributed by atoms with Crippen LogP contribution in [0.15, 0.2) is 35.9 Å². The zero-order valence-electron chi connectivity index (χ0n) is 12.9. The second kappa shape index (κ2) is 7.54. The molecular formula is C14H20FN5O3. The number of nitrogens with two attached hydrogens (primary N) is 2. The Morgan fingerprint density at radius 1 is 1.48 bits per heavy atom. The van der Waals surface area contributed by atoms with Crippen molar-refractivity contribution in [3.05, 3.63) is 41.8 Å². The van der Waals surface area contributed by atoms with Crippen molar-refractivity contribution in [2.45, 2.75) is 32.4 Å². The van der Waals surface area contributed by atoms with Gasteiger partial charge in [0, 0.05) is 5.70 Å². The van der Waals surface area contributed by atoms with E-state index >= 15 is 0 Å². The van der Waals surface area contributed by atoms with Gasteiger partial charge in [0.2, 0.25) is 0 Å². The first-order valence-corrected chi connectivity index (χ1v) is 6.83. The highest BCUT2D eigenvalue weighted by atomic mass is 19.1. The minimum Gasteiger partial charge on any atom is -0.394 e. The second-order valence-electron chi connectivity index (χ2n) is 5.12. The van der Waals surface area contributed by atoms with Crippen molar-refractivity contribution in [3.8, 4) is 0 Å². The van der Waals surface area contributed by atoms with Gasteiger partial charge < -0.3 is 21.9 Å². The second-order valence-corrected chi connectivity index (χ2v) is 5.12. The zero-order chi connectivity index (χ0) is 17.6. The summed E-state index contributed by atoms with van der Waals surface area (Å²) in [5.74, 6) is -2.05. The van der Waals surface area contributed by atoms with Gasteiger partial charge in [-0.3, -0.25) is 14.3 Å². The Morgan fingerprint density at radius 3 is 2.61 bits per heavy atom. The Labute approximate surface area is 132 Å². The van der Waals surface area contributed by atoms with Crippen LogP contribution < -0.4 is 16.8 Å². The first-order chi connectivity index (χ1) is 10.7. The van der Waals surface area contributed by atoms with Crippen molar-refractivity contribution in [2.24, 2.45) is 11.5 Å². The van der Waals surface area contributed by atoms with Gasteiger partial charge in [0.15, 0.2) is 11.4 Å². The molecule has 0 spiro atoms. The summed E-state index contributed by atoms with van der Waals surface area (Å²) in [6.45, 7) is 2.82. The van der Waals surface area contributed by atoms with Crippen molar-refractivity contribution >= 4 is 11.8 Å². The van der Waals surface area contributed by atoms with Gasteiger partial charge in [-0.25, -0.2) is 4.39 Å². The maximum Gasteiger partial charge on any atom is 0.264 e. The molecule has 0 aliphatic heterocycles. The molecule has 23 heavy (non-hydrogen) atoms. The van der Waals surface area contributed by atoms with Crippen molar-refractivity contribution in [1.29, 1.82) is 0 Å². The van der Waals surface area contributed by atoms with Crippen LogP contribution in [0.4, 0.5) is 4.39 Å². The molecule has 1 rings (SSSR count). The number of amides is 2. The van der Waals surface area contributed by atoms with E-state index in [1.54, 1.807) is 6.92 Å². The molecule has 0 aromatic carbocycles. The highest BCUT2D eigenvalue weighted by molar-refractivity contribution is 5.91. The Morgan fingerprint density at radius 2 is 2.13 bits per heavy atom. The van der Waals surface area contributed by atoms with Crippen molar-refractivity contribution < 1.29 is 19.1 Å². The molecule has 0 aliphatic rings. The maximum atomic E-state index is 12.9. The predicted octanol–water partition coefficient (Wildman–Crippen LogP) is -0.489. The number of primary amides is 1. The minimum absolute atomic E-state index is 0.163. The van der Waals surface area contributed by atoms with Gasteiger partial charge in [-0.1, -0.05) is 6.92 Å². The number of rotatable bonds is 7. The molecule has 1 aromatic heterocycles. The summed E-state index contributed by atoms with van der Waals surface area (Å²) in [6, 6.07) is 0. The molecule has 0 aliphatic carbocycles. The minimum atomic E-state index is -1.81. The van der Waals surface area contributed by atoms with E-state index in [-0.39, 0.29) is 12.2 Å². The Bertz CT molecular complexity index is 649. The molecule has 0 saturated heterocycles. The lowest BCUT2D eigenvalue weighted by Gasteiger charge is -2.22. The molecule has 0 fully saturated rings. The van der Waals surface area contributed by atoms with Gasteiger partial charge in [0.25, 0.3) is 11.8 Å². The van der Waals surface area contributed by atoms with E-state index in [9.17, 15) is 19.1 Å². The van der Waals surface area contributed by atoms with Crippen LogP contribution >= 0.6 is 0 Å². The topological polar surface area (TPSA) is 136 Å². The van der Waals surface area contributed by atoms with Gasteiger partial charge in [0.05, 0.1) is 24.6 Å². The number of allylic oxidation sites excluding steroid dienone is 3. The van der Waals surface area contributed by atoms with Crippen LogP contribution in [0, 0.1) is 5.82 Å². The summed E-state index contributed by atoms with van der Waals surface area (Å²) in [4.78, 5) is 23.0. The summed E-state index contributed by atoms with van der Waals surface area (Å²) in [5, 5.41) is 16.4. The number of nitrogens with zero attached hydrogens (tertiary/aromatic N) is 2. The highest BCUT2D eigenvalue weighted by Crippen LogP contribution is 2.10. The van der Waals surface area contributed by atoms with E-state index in [4.69, 9.17) is 11.5 Å². The molecule has 6 N–H and O–H groups in total. The van der Waals surface area contributed by atoms with Crippen LogP contribution in [0.2, 0.25) is 0 Å². The summed E-state index contributed by atoms with van der Waals surface area (Å²) in [6.07, 6.45) is 5.14. The third-order valence-corrected chi connectivity index (χ3v) is 2.96. The van der Waals surface area contributed by atoms with Crippen LogP contribution in [0.5, 0.6) is 0 Å².